The van der Waals surface area contributed by atoms with Crippen LogP contribution >= 0.6 is 0 Å². The second-order valence-electron chi connectivity index (χ2n) is 10.7. The maximum atomic E-state index is 13.6. The average molecular weight is 375 g/mol. The first-order valence-corrected chi connectivity index (χ1v) is 10.8. The highest BCUT2D eigenvalue weighted by Crippen LogP contribution is 2.60. The molecule has 0 unspecified atom stereocenters. The van der Waals surface area contributed by atoms with Crippen molar-refractivity contribution in [3.05, 3.63) is 46.3 Å². The van der Waals surface area contributed by atoms with E-state index in [9.17, 15) is 4.79 Å². The number of rotatable bonds is 2. The van der Waals surface area contributed by atoms with Crippen LogP contribution in [0.5, 0.6) is 0 Å². The van der Waals surface area contributed by atoms with Crippen LogP contribution in [0.2, 0.25) is 0 Å². The highest BCUT2D eigenvalue weighted by Gasteiger charge is 2.54. The predicted molar refractivity (Wildman–Crippen MR) is 112 cm³/mol. The van der Waals surface area contributed by atoms with E-state index in [1.807, 2.05) is 19.1 Å². The van der Waals surface area contributed by atoms with Gasteiger partial charge in [-0.1, -0.05) is 6.07 Å². The van der Waals surface area contributed by atoms with Gasteiger partial charge in [-0.05, 0) is 106 Å². The van der Waals surface area contributed by atoms with Crippen LogP contribution in [0.1, 0.15) is 69.1 Å². The van der Waals surface area contributed by atoms with E-state index in [-0.39, 0.29) is 11.0 Å². The monoisotopic (exact) mass is 374 g/mol. The average Bonchev–Trinajstić information content (AvgIpc) is 2.59. The lowest BCUT2D eigenvalue weighted by molar-refractivity contribution is -0.138. The standard InChI is InChI=1S/C25H30N2O/c1-15-5-19-14-24(2,3)27-22(20(19)9-21(15)26-4)10-23(28)25-11-16-6-17(12-25)8-18(7-16)13-25/h5,9-10,16-18,27H,6-8,11-14H2,1-3H3/b22-10-. The zero-order valence-electron chi connectivity index (χ0n) is 17.3. The fourth-order valence-electron chi connectivity index (χ4n) is 7.04. The molecular formula is C25H30N2O. The van der Waals surface area contributed by atoms with Crippen LogP contribution in [-0.4, -0.2) is 11.3 Å². The molecule has 0 amide bonds. The number of hydrogen-bond donors (Lipinski definition) is 1. The fraction of sp³-hybridized carbons (Fsp3) is 0.600. The minimum Gasteiger partial charge on any atom is -0.379 e. The van der Waals surface area contributed by atoms with Gasteiger partial charge in [0.1, 0.15) is 0 Å². The van der Waals surface area contributed by atoms with Gasteiger partial charge in [0.25, 0.3) is 0 Å². The summed E-state index contributed by atoms with van der Waals surface area (Å²) in [6.45, 7) is 13.9. The molecule has 146 valence electrons. The van der Waals surface area contributed by atoms with E-state index in [0.29, 0.717) is 11.5 Å². The summed E-state index contributed by atoms with van der Waals surface area (Å²) >= 11 is 0. The molecule has 5 aliphatic rings. The Balaban J connectivity index is 1.55. The number of carbonyl (C=O) groups excluding carboxylic acids is 1. The summed E-state index contributed by atoms with van der Waals surface area (Å²) in [5, 5.41) is 3.62. The topological polar surface area (TPSA) is 33.5 Å². The van der Waals surface area contributed by atoms with Crippen LogP contribution in [0.15, 0.2) is 18.2 Å². The molecule has 6 rings (SSSR count). The van der Waals surface area contributed by atoms with E-state index >= 15 is 0 Å². The normalized spacial score (nSPS) is 35.9. The third-order valence-electron chi connectivity index (χ3n) is 7.77. The number of allylic oxidation sites excluding steroid dienone is 1. The van der Waals surface area contributed by atoms with Crippen LogP contribution < -0.4 is 5.32 Å². The smallest absolute Gasteiger partial charge is 0.190 e. The number of fused-ring (bicyclic) bond motifs is 1. The zero-order chi connectivity index (χ0) is 19.7. The molecular weight excluding hydrogens is 344 g/mol. The maximum absolute atomic E-state index is 13.6. The molecule has 1 aromatic carbocycles. The number of nitrogens with zero attached hydrogens (tertiary/aromatic N) is 1. The Kier molecular flexibility index (Phi) is 3.83. The minimum absolute atomic E-state index is 0.0906. The van der Waals surface area contributed by atoms with Gasteiger partial charge in [0, 0.05) is 22.7 Å². The van der Waals surface area contributed by atoms with Crippen molar-refractivity contribution in [2.45, 2.75) is 71.3 Å². The molecule has 4 fully saturated rings. The Labute approximate surface area is 168 Å². The van der Waals surface area contributed by atoms with Crippen LogP contribution in [0, 0.1) is 36.7 Å². The summed E-state index contributed by atoms with van der Waals surface area (Å²) in [7, 11) is 0. The molecule has 1 aromatic rings. The largest absolute Gasteiger partial charge is 0.379 e. The molecule has 1 heterocycles. The van der Waals surface area contributed by atoms with Gasteiger partial charge in [0.15, 0.2) is 11.5 Å². The Hall–Kier alpha value is -2.08. The van der Waals surface area contributed by atoms with Crippen molar-refractivity contribution in [3.8, 4) is 0 Å². The van der Waals surface area contributed by atoms with Crippen LogP contribution in [-0.2, 0) is 11.2 Å². The number of nitrogens with one attached hydrogen (secondary N) is 1. The fourth-order valence-corrected chi connectivity index (χ4v) is 7.04. The summed E-state index contributed by atoms with van der Waals surface area (Å²) in [5.41, 5.74) is 4.74. The van der Waals surface area contributed by atoms with E-state index in [1.54, 1.807) is 0 Å². The van der Waals surface area contributed by atoms with Crippen molar-refractivity contribution in [3.63, 3.8) is 0 Å². The number of aryl methyl sites for hydroxylation is 1. The highest BCUT2D eigenvalue weighted by atomic mass is 16.1. The summed E-state index contributed by atoms with van der Waals surface area (Å²) < 4.78 is 0. The molecule has 0 spiro atoms. The third kappa shape index (κ3) is 2.81. The van der Waals surface area contributed by atoms with Gasteiger partial charge in [0.05, 0.1) is 6.57 Å². The summed E-state index contributed by atoms with van der Waals surface area (Å²) in [6, 6.07) is 4.13. The summed E-state index contributed by atoms with van der Waals surface area (Å²) in [6.07, 6.45) is 10.2. The van der Waals surface area contributed by atoms with E-state index in [0.717, 1.165) is 60.3 Å². The lowest BCUT2D eigenvalue weighted by atomic mass is 9.48. The highest BCUT2D eigenvalue weighted by molar-refractivity contribution is 6.01. The molecule has 4 saturated carbocycles. The third-order valence-corrected chi connectivity index (χ3v) is 7.77. The summed E-state index contributed by atoms with van der Waals surface area (Å²) in [5.74, 6) is 2.65. The van der Waals surface area contributed by atoms with Crippen molar-refractivity contribution in [2.75, 3.05) is 0 Å². The van der Waals surface area contributed by atoms with Crippen molar-refractivity contribution in [2.24, 2.45) is 23.2 Å². The molecule has 4 bridgehead atoms. The maximum Gasteiger partial charge on any atom is 0.190 e. The molecule has 3 heteroatoms. The molecule has 0 radical (unpaired) electrons. The van der Waals surface area contributed by atoms with Crippen LogP contribution in [0.4, 0.5) is 5.69 Å². The number of carbonyl (C=O) groups is 1. The van der Waals surface area contributed by atoms with Crippen molar-refractivity contribution >= 4 is 17.2 Å². The molecule has 28 heavy (non-hydrogen) atoms. The second kappa shape index (κ2) is 5.96. The van der Waals surface area contributed by atoms with Gasteiger partial charge < -0.3 is 5.32 Å². The van der Waals surface area contributed by atoms with Crippen molar-refractivity contribution < 1.29 is 4.79 Å². The van der Waals surface area contributed by atoms with E-state index in [1.165, 1.54) is 24.8 Å². The zero-order valence-corrected chi connectivity index (χ0v) is 17.3. The quantitative estimate of drug-likeness (QED) is 0.540. The first-order valence-electron chi connectivity index (χ1n) is 10.8. The van der Waals surface area contributed by atoms with Gasteiger partial charge in [-0.3, -0.25) is 4.79 Å². The lowest BCUT2D eigenvalue weighted by Crippen LogP contribution is -2.50. The SMILES string of the molecule is [C-]#[N+]c1cc2c(cc1C)CC(C)(C)N/C2=C\C(=O)C12CC3CC(CC(C3)C1)C2. The Morgan fingerprint density at radius 3 is 2.32 bits per heavy atom. The molecule has 0 saturated heterocycles. The van der Waals surface area contributed by atoms with E-state index < -0.39 is 0 Å². The minimum atomic E-state index is -0.113. The predicted octanol–water partition coefficient (Wildman–Crippen LogP) is 5.60. The Morgan fingerprint density at radius 2 is 1.75 bits per heavy atom. The first kappa shape index (κ1) is 18.0. The summed E-state index contributed by atoms with van der Waals surface area (Å²) in [4.78, 5) is 17.3. The van der Waals surface area contributed by atoms with Crippen LogP contribution in [0.25, 0.3) is 10.5 Å². The Morgan fingerprint density at radius 1 is 1.14 bits per heavy atom. The van der Waals surface area contributed by atoms with Gasteiger partial charge in [-0.25, -0.2) is 4.85 Å². The first-order chi connectivity index (χ1) is 13.3. The molecule has 4 aliphatic carbocycles. The number of ketones is 1. The lowest BCUT2D eigenvalue weighted by Gasteiger charge is -2.55. The van der Waals surface area contributed by atoms with Gasteiger partial charge in [-0.2, -0.15) is 0 Å². The molecule has 3 nitrogen and oxygen atoms in total. The van der Waals surface area contributed by atoms with E-state index in [4.69, 9.17) is 6.57 Å². The molecule has 0 aromatic heterocycles. The second-order valence-corrected chi connectivity index (χ2v) is 10.7. The van der Waals surface area contributed by atoms with Crippen molar-refractivity contribution in [1.29, 1.82) is 0 Å². The molecule has 1 aliphatic heterocycles. The van der Waals surface area contributed by atoms with Gasteiger partial charge >= 0.3 is 0 Å². The number of benzene rings is 1. The van der Waals surface area contributed by atoms with E-state index in [2.05, 4.69) is 30.1 Å². The Bertz CT molecular complexity index is 895. The molecule has 0 atom stereocenters. The van der Waals surface area contributed by atoms with Gasteiger partial charge in [-0.15, -0.1) is 0 Å². The van der Waals surface area contributed by atoms with Gasteiger partial charge in [0.2, 0.25) is 0 Å². The number of hydrogen-bond acceptors (Lipinski definition) is 2. The van der Waals surface area contributed by atoms with Crippen LogP contribution in [0.3, 0.4) is 0 Å². The van der Waals surface area contributed by atoms with Crippen molar-refractivity contribution in [1.82, 2.24) is 5.32 Å². The molecule has 1 N–H and O–H groups in total.